The molecule has 2 rings (SSSR count). The fraction of sp³-hybridized carbons (Fsp3) is 0.533. The van der Waals surface area contributed by atoms with Crippen molar-refractivity contribution in [3.8, 4) is 0 Å². The third-order valence-electron chi connectivity index (χ3n) is 4.11. The highest BCUT2D eigenvalue weighted by Crippen LogP contribution is 2.26. The van der Waals surface area contributed by atoms with Gasteiger partial charge < -0.3 is 5.11 Å². The van der Waals surface area contributed by atoms with E-state index in [1.807, 2.05) is 13.0 Å². The molecule has 1 heterocycles. The number of hydrogen-bond donors (Lipinski definition) is 1. The Bertz CT molecular complexity index is 475. The summed E-state index contributed by atoms with van der Waals surface area (Å²) in [6.45, 7) is 5.96. The molecule has 0 spiro atoms. The van der Waals surface area contributed by atoms with Crippen LogP contribution in [0.15, 0.2) is 22.7 Å². The molecule has 0 aliphatic carbocycles. The van der Waals surface area contributed by atoms with Crippen molar-refractivity contribution in [1.29, 1.82) is 0 Å². The molecule has 1 saturated heterocycles. The van der Waals surface area contributed by atoms with Crippen molar-refractivity contribution in [2.24, 2.45) is 5.92 Å². The Kier molecular flexibility index (Phi) is 4.63. The maximum atomic E-state index is 11.2. The minimum absolute atomic E-state index is 0.106. The van der Waals surface area contributed by atoms with E-state index in [2.05, 4.69) is 39.9 Å². The van der Waals surface area contributed by atoms with E-state index in [0.717, 1.165) is 30.4 Å². The Morgan fingerprint density at radius 2 is 2.26 bits per heavy atom. The average Bonchev–Trinajstić information content (AvgIpc) is 2.34. The van der Waals surface area contributed by atoms with Crippen molar-refractivity contribution in [2.45, 2.75) is 39.3 Å². The van der Waals surface area contributed by atoms with Crippen LogP contribution in [0.1, 0.15) is 30.9 Å². The van der Waals surface area contributed by atoms with Crippen LogP contribution in [-0.2, 0) is 11.3 Å². The van der Waals surface area contributed by atoms with E-state index in [1.165, 1.54) is 11.1 Å². The Labute approximate surface area is 122 Å². The van der Waals surface area contributed by atoms with Crippen LogP contribution in [0.2, 0.25) is 0 Å². The largest absolute Gasteiger partial charge is 0.481 e. The third kappa shape index (κ3) is 3.37. The number of aliphatic carboxylic acids is 1. The van der Waals surface area contributed by atoms with Crippen LogP contribution in [-0.4, -0.2) is 28.6 Å². The maximum Gasteiger partial charge on any atom is 0.308 e. The molecule has 0 bridgehead atoms. The number of carbonyl (C=O) groups is 1. The predicted octanol–water partition coefficient (Wildman–Crippen LogP) is 3.44. The van der Waals surface area contributed by atoms with E-state index in [1.54, 1.807) is 0 Å². The summed E-state index contributed by atoms with van der Waals surface area (Å²) in [4.78, 5) is 13.5. The molecule has 104 valence electrons. The van der Waals surface area contributed by atoms with Crippen LogP contribution in [0, 0.1) is 12.8 Å². The molecule has 0 saturated carbocycles. The molecule has 19 heavy (non-hydrogen) atoms. The van der Waals surface area contributed by atoms with E-state index in [0.29, 0.717) is 0 Å². The number of benzene rings is 1. The molecule has 1 aromatic carbocycles. The molecule has 3 nitrogen and oxygen atoms in total. The minimum Gasteiger partial charge on any atom is -0.481 e. The summed E-state index contributed by atoms with van der Waals surface area (Å²) in [5.41, 5.74) is 2.53. The zero-order chi connectivity index (χ0) is 14.0. The maximum absolute atomic E-state index is 11.2. The van der Waals surface area contributed by atoms with Gasteiger partial charge in [0.05, 0.1) is 5.92 Å². The Morgan fingerprint density at radius 3 is 2.89 bits per heavy atom. The second-order valence-electron chi connectivity index (χ2n) is 5.37. The molecule has 0 amide bonds. The quantitative estimate of drug-likeness (QED) is 0.925. The number of hydrogen-bond acceptors (Lipinski definition) is 2. The topological polar surface area (TPSA) is 40.5 Å². The van der Waals surface area contributed by atoms with Crippen molar-refractivity contribution >= 4 is 21.9 Å². The Morgan fingerprint density at radius 1 is 1.53 bits per heavy atom. The molecule has 1 aliphatic rings. The normalized spacial score (nSPS) is 24.4. The second-order valence-corrected chi connectivity index (χ2v) is 6.28. The lowest BCUT2D eigenvalue weighted by Crippen LogP contribution is -2.45. The lowest BCUT2D eigenvalue weighted by atomic mass is 9.90. The summed E-state index contributed by atoms with van der Waals surface area (Å²) in [6, 6.07) is 6.38. The SMILES string of the molecule is Cc1cc(Br)ccc1CN1CCC[C@@H](C(=O)O)[C@H]1C. The number of halogens is 1. The molecule has 2 atom stereocenters. The molecule has 1 aliphatic heterocycles. The highest BCUT2D eigenvalue weighted by atomic mass is 79.9. The molecular weight excluding hydrogens is 306 g/mol. The second kappa shape index (κ2) is 6.06. The van der Waals surface area contributed by atoms with E-state index in [4.69, 9.17) is 0 Å². The molecule has 0 radical (unpaired) electrons. The van der Waals surface area contributed by atoms with Crippen molar-refractivity contribution < 1.29 is 9.90 Å². The number of nitrogens with zero attached hydrogens (tertiary/aromatic N) is 1. The first-order valence-electron chi connectivity index (χ1n) is 6.71. The standard InChI is InChI=1S/C15H20BrNO2/c1-10-8-13(16)6-5-12(10)9-17-7-3-4-14(11(17)2)15(18)19/h5-6,8,11,14H,3-4,7,9H2,1-2H3,(H,18,19)/t11-,14-/m1/s1. The Balaban J connectivity index is 2.11. The van der Waals surface area contributed by atoms with Gasteiger partial charge in [-0.3, -0.25) is 9.69 Å². The van der Waals surface area contributed by atoms with Gasteiger partial charge >= 0.3 is 5.97 Å². The zero-order valence-electron chi connectivity index (χ0n) is 11.4. The van der Waals surface area contributed by atoms with E-state index in [9.17, 15) is 9.90 Å². The van der Waals surface area contributed by atoms with Gasteiger partial charge in [0.25, 0.3) is 0 Å². The number of aryl methyl sites for hydroxylation is 1. The molecule has 1 N–H and O–H groups in total. The van der Waals surface area contributed by atoms with Gasteiger partial charge in [-0.25, -0.2) is 0 Å². The summed E-state index contributed by atoms with van der Waals surface area (Å²) < 4.78 is 1.09. The molecule has 4 heteroatoms. The lowest BCUT2D eigenvalue weighted by molar-refractivity contribution is -0.145. The van der Waals surface area contributed by atoms with Crippen molar-refractivity contribution in [1.82, 2.24) is 4.90 Å². The van der Waals surface area contributed by atoms with Gasteiger partial charge in [0.2, 0.25) is 0 Å². The van der Waals surface area contributed by atoms with Crippen LogP contribution >= 0.6 is 15.9 Å². The van der Waals surface area contributed by atoms with Crippen LogP contribution in [0.4, 0.5) is 0 Å². The van der Waals surface area contributed by atoms with Crippen LogP contribution in [0.5, 0.6) is 0 Å². The van der Waals surface area contributed by atoms with E-state index in [-0.39, 0.29) is 12.0 Å². The van der Waals surface area contributed by atoms with Crippen LogP contribution < -0.4 is 0 Å². The van der Waals surface area contributed by atoms with Crippen LogP contribution in [0.3, 0.4) is 0 Å². The van der Waals surface area contributed by atoms with E-state index >= 15 is 0 Å². The molecular formula is C15H20BrNO2. The molecule has 1 aromatic rings. The molecule has 0 aromatic heterocycles. The van der Waals surface area contributed by atoms with Gasteiger partial charge in [0, 0.05) is 17.1 Å². The molecule has 1 fully saturated rings. The van der Waals surface area contributed by atoms with Crippen molar-refractivity contribution in [3.05, 3.63) is 33.8 Å². The van der Waals surface area contributed by atoms with Gasteiger partial charge in [0.1, 0.15) is 0 Å². The van der Waals surface area contributed by atoms with Crippen LogP contribution in [0.25, 0.3) is 0 Å². The minimum atomic E-state index is -0.662. The van der Waals surface area contributed by atoms with Gasteiger partial charge in [-0.05, 0) is 56.5 Å². The number of carboxylic acid groups (broad SMARTS) is 1. The van der Waals surface area contributed by atoms with E-state index < -0.39 is 5.97 Å². The van der Waals surface area contributed by atoms with Crippen molar-refractivity contribution in [3.63, 3.8) is 0 Å². The zero-order valence-corrected chi connectivity index (χ0v) is 13.0. The van der Waals surface area contributed by atoms with Gasteiger partial charge in [-0.15, -0.1) is 0 Å². The summed E-state index contributed by atoms with van der Waals surface area (Å²) in [5, 5.41) is 9.25. The first-order chi connectivity index (χ1) is 8.99. The number of carboxylic acids is 1. The lowest BCUT2D eigenvalue weighted by Gasteiger charge is -2.37. The summed E-state index contributed by atoms with van der Waals surface area (Å²) >= 11 is 3.47. The number of likely N-dealkylation sites (tertiary alicyclic amines) is 1. The first kappa shape index (κ1) is 14.5. The monoisotopic (exact) mass is 325 g/mol. The fourth-order valence-corrected chi connectivity index (χ4v) is 3.30. The fourth-order valence-electron chi connectivity index (χ4n) is 2.82. The first-order valence-corrected chi connectivity index (χ1v) is 7.50. The van der Waals surface area contributed by atoms with Gasteiger partial charge in [-0.2, -0.15) is 0 Å². The summed E-state index contributed by atoms with van der Waals surface area (Å²) in [6.07, 6.45) is 1.77. The Hall–Kier alpha value is -0.870. The highest BCUT2D eigenvalue weighted by Gasteiger charge is 2.32. The third-order valence-corrected chi connectivity index (χ3v) is 4.61. The predicted molar refractivity (Wildman–Crippen MR) is 79.1 cm³/mol. The number of piperidine rings is 1. The number of rotatable bonds is 3. The summed E-state index contributed by atoms with van der Waals surface area (Å²) in [7, 11) is 0. The van der Waals surface area contributed by atoms with Gasteiger partial charge in [0.15, 0.2) is 0 Å². The average molecular weight is 326 g/mol. The highest BCUT2D eigenvalue weighted by molar-refractivity contribution is 9.10. The van der Waals surface area contributed by atoms with Gasteiger partial charge in [-0.1, -0.05) is 22.0 Å². The summed E-state index contributed by atoms with van der Waals surface area (Å²) in [5.74, 6) is -0.894. The molecule has 0 unspecified atom stereocenters. The smallest absolute Gasteiger partial charge is 0.308 e. The van der Waals surface area contributed by atoms with Crippen molar-refractivity contribution in [2.75, 3.05) is 6.54 Å².